The number of guanidine groups is 1. The first-order valence-corrected chi connectivity index (χ1v) is 10.5. The minimum Gasteiger partial charge on any atom is -0.378 e. The molecular weight excluding hydrogens is 383 g/mol. The van der Waals surface area contributed by atoms with E-state index in [1.807, 2.05) is 0 Å². The number of nitrogens with zero attached hydrogens (tertiary/aromatic N) is 3. The van der Waals surface area contributed by atoms with Crippen LogP contribution in [0.15, 0.2) is 4.99 Å². The van der Waals surface area contributed by atoms with Crippen molar-refractivity contribution in [3.05, 3.63) is 0 Å². The molecule has 5 rings (SSSR count). The van der Waals surface area contributed by atoms with Gasteiger partial charge in [-0.05, 0) is 82.2 Å². The molecule has 5 aliphatic rings. The van der Waals surface area contributed by atoms with Crippen molar-refractivity contribution in [2.75, 3.05) is 46.4 Å². The van der Waals surface area contributed by atoms with E-state index in [0.29, 0.717) is 18.7 Å². The van der Waals surface area contributed by atoms with Gasteiger partial charge in [-0.25, -0.2) is 0 Å². The molecule has 0 unspecified atom stereocenters. The van der Waals surface area contributed by atoms with Crippen LogP contribution in [0.1, 0.15) is 51.4 Å². The second-order valence-electron chi connectivity index (χ2n) is 9.10. The smallest absolute Gasteiger partial charge is 0.191 e. The van der Waals surface area contributed by atoms with Crippen LogP contribution >= 0.6 is 24.8 Å². The van der Waals surface area contributed by atoms with Crippen LogP contribution < -0.4 is 5.73 Å². The maximum absolute atomic E-state index is 6.37. The number of halogens is 2. The zero-order valence-electron chi connectivity index (χ0n) is 16.8. The lowest BCUT2D eigenvalue weighted by Crippen LogP contribution is -2.61. The molecular formula is C20H38Cl2N4O. The van der Waals surface area contributed by atoms with Crippen LogP contribution in [0.4, 0.5) is 0 Å². The van der Waals surface area contributed by atoms with Gasteiger partial charge in [0.25, 0.3) is 0 Å². The number of ether oxygens (including phenoxy) is 1. The lowest BCUT2D eigenvalue weighted by Gasteiger charge is -2.60. The number of likely N-dealkylation sites (tertiary alicyclic amines) is 1. The molecule has 0 aromatic heterocycles. The molecule has 1 heterocycles. The summed E-state index contributed by atoms with van der Waals surface area (Å²) in [5, 5.41) is 0. The van der Waals surface area contributed by atoms with Crippen LogP contribution in [-0.4, -0.2) is 67.7 Å². The second-order valence-corrected chi connectivity index (χ2v) is 9.10. The van der Waals surface area contributed by atoms with Crippen LogP contribution in [-0.2, 0) is 4.74 Å². The molecule has 4 saturated carbocycles. The average molecular weight is 421 g/mol. The second kappa shape index (κ2) is 10.00. The van der Waals surface area contributed by atoms with Crippen molar-refractivity contribution < 1.29 is 4.74 Å². The summed E-state index contributed by atoms with van der Waals surface area (Å²) in [5.41, 5.74) is 6.67. The van der Waals surface area contributed by atoms with Gasteiger partial charge >= 0.3 is 0 Å². The van der Waals surface area contributed by atoms with Gasteiger partial charge in [-0.15, -0.1) is 24.8 Å². The van der Waals surface area contributed by atoms with Gasteiger partial charge in [0.1, 0.15) is 0 Å². The van der Waals surface area contributed by atoms with Crippen molar-refractivity contribution in [3.8, 4) is 0 Å². The first-order valence-electron chi connectivity index (χ1n) is 10.5. The lowest BCUT2D eigenvalue weighted by molar-refractivity contribution is -0.0551. The topological polar surface area (TPSA) is 54.1 Å². The Morgan fingerprint density at radius 1 is 1.04 bits per heavy atom. The summed E-state index contributed by atoms with van der Waals surface area (Å²) in [6.45, 7) is 5.73. The van der Waals surface area contributed by atoms with Crippen molar-refractivity contribution in [1.29, 1.82) is 0 Å². The molecule has 4 aliphatic carbocycles. The maximum atomic E-state index is 6.37. The number of nitrogens with two attached hydrogens (primary N) is 1. The largest absolute Gasteiger partial charge is 0.378 e. The van der Waals surface area contributed by atoms with Crippen molar-refractivity contribution in [1.82, 2.24) is 9.80 Å². The summed E-state index contributed by atoms with van der Waals surface area (Å²) in [5.74, 6) is 3.55. The molecule has 1 aliphatic heterocycles. The molecule has 27 heavy (non-hydrogen) atoms. The van der Waals surface area contributed by atoms with E-state index in [2.05, 4.69) is 21.8 Å². The molecule has 0 amide bonds. The van der Waals surface area contributed by atoms with Crippen LogP contribution in [0, 0.1) is 17.8 Å². The Balaban J connectivity index is 0.00000131. The molecule has 7 heteroatoms. The fourth-order valence-corrected chi connectivity index (χ4v) is 6.35. The van der Waals surface area contributed by atoms with Gasteiger partial charge in [0, 0.05) is 19.1 Å². The van der Waals surface area contributed by atoms with E-state index in [0.717, 1.165) is 36.9 Å². The average Bonchev–Trinajstić information content (AvgIpc) is 3.09. The van der Waals surface area contributed by atoms with Crippen LogP contribution in [0.3, 0.4) is 0 Å². The highest BCUT2D eigenvalue weighted by atomic mass is 35.5. The quantitative estimate of drug-likeness (QED) is 0.390. The van der Waals surface area contributed by atoms with Gasteiger partial charge in [-0.3, -0.25) is 4.99 Å². The summed E-state index contributed by atoms with van der Waals surface area (Å²) >= 11 is 0. The van der Waals surface area contributed by atoms with Gasteiger partial charge in [0.2, 0.25) is 0 Å². The molecule has 1 saturated heterocycles. The minimum atomic E-state index is 0. The Kier molecular flexibility index (Phi) is 8.54. The van der Waals surface area contributed by atoms with E-state index in [4.69, 9.17) is 10.5 Å². The summed E-state index contributed by atoms with van der Waals surface area (Å²) in [4.78, 5) is 9.45. The maximum Gasteiger partial charge on any atom is 0.191 e. The van der Waals surface area contributed by atoms with Gasteiger partial charge in [0.15, 0.2) is 5.96 Å². The molecule has 0 aromatic rings. The third kappa shape index (κ3) is 5.23. The van der Waals surface area contributed by atoms with Crippen LogP contribution in [0.25, 0.3) is 0 Å². The van der Waals surface area contributed by atoms with Crippen molar-refractivity contribution >= 4 is 30.8 Å². The SMILES string of the molecule is CN(C(N)=NCCOCCN1CCCC1)C12CC3CC(CC(C3)C1)C2.Cl.Cl. The molecule has 0 atom stereocenters. The first kappa shape index (κ1) is 23.1. The fourth-order valence-electron chi connectivity index (χ4n) is 6.35. The molecule has 4 bridgehead atoms. The van der Waals surface area contributed by atoms with E-state index in [1.165, 1.54) is 64.5 Å². The van der Waals surface area contributed by atoms with Crippen molar-refractivity contribution in [2.45, 2.75) is 56.9 Å². The van der Waals surface area contributed by atoms with E-state index in [1.54, 1.807) is 0 Å². The van der Waals surface area contributed by atoms with E-state index in [-0.39, 0.29) is 24.8 Å². The normalized spacial score (nSPS) is 35.0. The summed E-state index contributed by atoms with van der Waals surface area (Å²) in [6.07, 6.45) is 11.1. The predicted molar refractivity (Wildman–Crippen MR) is 116 cm³/mol. The Labute approximate surface area is 177 Å². The lowest BCUT2D eigenvalue weighted by atomic mass is 9.52. The van der Waals surface area contributed by atoms with Gasteiger partial charge in [-0.2, -0.15) is 0 Å². The van der Waals surface area contributed by atoms with Gasteiger partial charge < -0.3 is 20.3 Å². The van der Waals surface area contributed by atoms with Crippen molar-refractivity contribution in [2.24, 2.45) is 28.5 Å². The zero-order valence-corrected chi connectivity index (χ0v) is 18.4. The molecule has 158 valence electrons. The van der Waals surface area contributed by atoms with Gasteiger partial charge in [0.05, 0.1) is 19.8 Å². The van der Waals surface area contributed by atoms with Crippen LogP contribution in [0.2, 0.25) is 0 Å². The Morgan fingerprint density at radius 2 is 1.59 bits per heavy atom. The van der Waals surface area contributed by atoms with E-state index < -0.39 is 0 Å². The van der Waals surface area contributed by atoms with Crippen LogP contribution in [0.5, 0.6) is 0 Å². The van der Waals surface area contributed by atoms with Gasteiger partial charge in [-0.1, -0.05) is 0 Å². The molecule has 0 aromatic carbocycles. The van der Waals surface area contributed by atoms with Crippen molar-refractivity contribution in [3.63, 3.8) is 0 Å². The Hall–Kier alpha value is -0.230. The Morgan fingerprint density at radius 3 is 2.15 bits per heavy atom. The summed E-state index contributed by atoms with van der Waals surface area (Å²) in [7, 11) is 2.18. The molecule has 0 spiro atoms. The minimum absolute atomic E-state index is 0. The van der Waals surface area contributed by atoms with E-state index >= 15 is 0 Å². The number of hydrogen-bond acceptors (Lipinski definition) is 3. The highest BCUT2D eigenvalue weighted by Gasteiger charge is 2.53. The fraction of sp³-hybridized carbons (Fsp3) is 0.950. The van der Waals surface area contributed by atoms with E-state index in [9.17, 15) is 0 Å². The number of hydrogen-bond donors (Lipinski definition) is 1. The predicted octanol–water partition coefficient (Wildman–Crippen LogP) is 3.16. The highest BCUT2D eigenvalue weighted by Crippen LogP contribution is 2.57. The summed E-state index contributed by atoms with van der Waals surface area (Å²) < 4.78 is 5.75. The highest BCUT2D eigenvalue weighted by molar-refractivity contribution is 5.85. The zero-order chi connectivity index (χ0) is 17.3. The third-order valence-corrected chi connectivity index (χ3v) is 7.32. The standard InChI is InChI=1S/C20H36N4O.2ClH/c1-23(20-13-16-10-17(14-20)12-18(11-16)15-20)19(21)22-4-8-25-9-7-24-5-2-3-6-24;;/h16-18H,2-15H2,1H3,(H2,21,22);2*1H. The number of rotatable bonds is 7. The Bertz CT molecular complexity index is 461. The molecule has 5 fully saturated rings. The first-order chi connectivity index (χ1) is 12.1. The molecule has 5 nitrogen and oxygen atoms in total. The number of aliphatic imine (C=N–C) groups is 1. The molecule has 0 radical (unpaired) electrons. The molecule has 2 N–H and O–H groups in total. The summed E-state index contributed by atoms with van der Waals surface area (Å²) in [6, 6.07) is 0. The monoisotopic (exact) mass is 420 g/mol. The third-order valence-electron chi connectivity index (χ3n) is 7.32.